The molecular formula is C23H22F2N2O4S. The first kappa shape index (κ1) is 23.4. The van der Waals surface area contributed by atoms with Crippen molar-refractivity contribution in [1.29, 1.82) is 0 Å². The van der Waals surface area contributed by atoms with E-state index in [9.17, 15) is 22.0 Å². The van der Waals surface area contributed by atoms with Crippen LogP contribution < -0.4 is 14.8 Å². The minimum Gasteiger partial charge on any atom is -0.494 e. The number of amides is 1. The summed E-state index contributed by atoms with van der Waals surface area (Å²) < 4.78 is 61.0. The van der Waals surface area contributed by atoms with Crippen molar-refractivity contribution in [3.63, 3.8) is 0 Å². The van der Waals surface area contributed by atoms with Crippen LogP contribution in [0.15, 0.2) is 77.7 Å². The van der Waals surface area contributed by atoms with Crippen molar-refractivity contribution in [3.8, 4) is 5.75 Å². The van der Waals surface area contributed by atoms with Gasteiger partial charge in [-0.25, -0.2) is 17.2 Å². The summed E-state index contributed by atoms with van der Waals surface area (Å²) in [6.45, 7) is 2.24. The Hall–Kier alpha value is -3.30. The van der Waals surface area contributed by atoms with Gasteiger partial charge in [0.25, 0.3) is 0 Å². The Morgan fingerprint density at radius 2 is 1.69 bits per heavy atom. The molecule has 3 rings (SSSR count). The highest BCUT2D eigenvalue weighted by Crippen LogP contribution is 2.19. The van der Waals surface area contributed by atoms with Crippen LogP contribution in [0.5, 0.6) is 5.75 Å². The zero-order valence-corrected chi connectivity index (χ0v) is 18.0. The topological polar surface area (TPSA) is 84.5 Å². The van der Waals surface area contributed by atoms with E-state index in [1.165, 1.54) is 24.3 Å². The number of anilines is 1. The van der Waals surface area contributed by atoms with Crippen LogP contribution in [0, 0.1) is 11.6 Å². The fourth-order valence-electron chi connectivity index (χ4n) is 2.99. The first-order chi connectivity index (χ1) is 15.3. The molecule has 0 saturated carbocycles. The lowest BCUT2D eigenvalue weighted by Crippen LogP contribution is -2.45. The van der Waals surface area contributed by atoms with Gasteiger partial charge in [0, 0.05) is 6.07 Å². The number of hydrogen-bond donors (Lipinski definition) is 2. The molecule has 1 unspecified atom stereocenters. The average Bonchev–Trinajstić information content (AvgIpc) is 2.77. The fraction of sp³-hybridized carbons (Fsp3) is 0.174. The number of rotatable bonds is 9. The molecule has 168 valence electrons. The van der Waals surface area contributed by atoms with E-state index in [0.29, 0.717) is 17.9 Å². The molecule has 0 saturated heterocycles. The van der Waals surface area contributed by atoms with Crippen molar-refractivity contribution in [2.75, 3.05) is 11.9 Å². The lowest BCUT2D eigenvalue weighted by molar-refractivity contribution is -0.117. The molecule has 2 N–H and O–H groups in total. The number of carbonyl (C=O) groups excluding carboxylic acids is 1. The Balaban J connectivity index is 1.86. The normalized spacial score (nSPS) is 12.2. The fourth-order valence-corrected chi connectivity index (χ4v) is 4.18. The van der Waals surface area contributed by atoms with Crippen LogP contribution in [0.2, 0.25) is 0 Å². The third-order valence-electron chi connectivity index (χ3n) is 4.53. The van der Waals surface area contributed by atoms with Gasteiger partial charge in [-0.1, -0.05) is 30.3 Å². The van der Waals surface area contributed by atoms with Gasteiger partial charge in [-0.3, -0.25) is 4.79 Å². The Morgan fingerprint density at radius 3 is 2.34 bits per heavy atom. The Morgan fingerprint density at radius 1 is 1.00 bits per heavy atom. The maximum Gasteiger partial charge on any atom is 0.242 e. The maximum atomic E-state index is 14.0. The molecule has 0 aliphatic heterocycles. The molecular weight excluding hydrogens is 438 g/mol. The third kappa shape index (κ3) is 6.12. The summed E-state index contributed by atoms with van der Waals surface area (Å²) in [5.74, 6) is -1.90. The van der Waals surface area contributed by atoms with E-state index in [1.54, 1.807) is 37.3 Å². The predicted molar refractivity (Wildman–Crippen MR) is 117 cm³/mol. The molecule has 3 aromatic rings. The van der Waals surface area contributed by atoms with Crippen LogP contribution in [0.25, 0.3) is 0 Å². The summed E-state index contributed by atoms with van der Waals surface area (Å²) >= 11 is 0. The summed E-state index contributed by atoms with van der Waals surface area (Å²) in [6, 6.07) is 15.8. The number of ether oxygens (including phenoxy) is 1. The van der Waals surface area contributed by atoms with Crippen molar-refractivity contribution in [1.82, 2.24) is 4.72 Å². The monoisotopic (exact) mass is 460 g/mol. The van der Waals surface area contributed by atoms with Gasteiger partial charge >= 0.3 is 0 Å². The van der Waals surface area contributed by atoms with E-state index >= 15 is 0 Å². The van der Waals surface area contributed by atoms with Crippen LogP contribution in [0.3, 0.4) is 0 Å². The Bertz CT molecular complexity index is 1170. The number of nitrogens with one attached hydrogen (secondary N) is 2. The molecule has 0 spiro atoms. The molecule has 0 aliphatic carbocycles. The zero-order valence-electron chi connectivity index (χ0n) is 17.2. The molecule has 9 heteroatoms. The molecule has 6 nitrogen and oxygen atoms in total. The molecule has 1 atom stereocenters. The zero-order chi connectivity index (χ0) is 23.1. The van der Waals surface area contributed by atoms with E-state index in [0.717, 1.165) is 18.2 Å². The second-order valence-corrected chi connectivity index (χ2v) is 8.60. The van der Waals surface area contributed by atoms with E-state index in [4.69, 9.17) is 4.74 Å². The number of halogens is 2. The van der Waals surface area contributed by atoms with Crippen molar-refractivity contribution < 1.29 is 26.7 Å². The van der Waals surface area contributed by atoms with Gasteiger partial charge in [0.2, 0.25) is 15.9 Å². The lowest BCUT2D eigenvalue weighted by atomic mass is 10.1. The molecule has 3 aromatic carbocycles. The quantitative estimate of drug-likeness (QED) is 0.507. The van der Waals surface area contributed by atoms with Crippen molar-refractivity contribution in [2.45, 2.75) is 24.3 Å². The first-order valence-corrected chi connectivity index (χ1v) is 11.3. The molecule has 0 radical (unpaired) electrons. The predicted octanol–water partition coefficient (Wildman–Crippen LogP) is 3.89. The number of carbonyl (C=O) groups is 1. The molecule has 0 heterocycles. The minimum absolute atomic E-state index is 0.000131. The van der Waals surface area contributed by atoms with E-state index in [-0.39, 0.29) is 17.0 Å². The van der Waals surface area contributed by atoms with Gasteiger partial charge in [-0.05, 0) is 55.3 Å². The van der Waals surface area contributed by atoms with Crippen LogP contribution >= 0.6 is 0 Å². The SMILES string of the molecule is CCOc1ccc(S(=O)(=O)NC(Cc2ccccc2)C(=O)Nc2cc(F)ccc2F)cc1. The minimum atomic E-state index is -4.10. The molecule has 0 aromatic heterocycles. The average molecular weight is 461 g/mol. The smallest absolute Gasteiger partial charge is 0.242 e. The van der Waals surface area contributed by atoms with Crippen molar-refractivity contribution >= 4 is 21.6 Å². The summed E-state index contributed by atoms with van der Waals surface area (Å²) in [5, 5.41) is 2.27. The number of hydrogen-bond acceptors (Lipinski definition) is 4. The molecule has 32 heavy (non-hydrogen) atoms. The van der Waals surface area contributed by atoms with E-state index in [1.807, 2.05) is 0 Å². The second-order valence-electron chi connectivity index (χ2n) is 6.88. The van der Waals surface area contributed by atoms with Crippen LogP contribution in [-0.2, 0) is 21.2 Å². The van der Waals surface area contributed by atoms with E-state index < -0.39 is 33.6 Å². The van der Waals surface area contributed by atoms with Crippen molar-refractivity contribution in [2.24, 2.45) is 0 Å². The molecule has 0 bridgehead atoms. The van der Waals surface area contributed by atoms with Gasteiger partial charge in [0.05, 0.1) is 17.2 Å². The Kier molecular flexibility index (Phi) is 7.55. The van der Waals surface area contributed by atoms with Crippen LogP contribution in [0.4, 0.5) is 14.5 Å². The molecule has 1 amide bonds. The molecule has 0 aliphatic rings. The highest BCUT2D eigenvalue weighted by molar-refractivity contribution is 7.89. The van der Waals surface area contributed by atoms with Crippen molar-refractivity contribution in [3.05, 3.63) is 90.0 Å². The lowest BCUT2D eigenvalue weighted by Gasteiger charge is -2.19. The largest absolute Gasteiger partial charge is 0.494 e. The number of sulfonamides is 1. The highest BCUT2D eigenvalue weighted by Gasteiger charge is 2.27. The van der Waals surface area contributed by atoms with Crippen LogP contribution in [-0.4, -0.2) is 27.0 Å². The van der Waals surface area contributed by atoms with Crippen LogP contribution in [0.1, 0.15) is 12.5 Å². The first-order valence-electron chi connectivity index (χ1n) is 9.83. The Labute approximate surface area is 185 Å². The van der Waals surface area contributed by atoms with Gasteiger partial charge in [-0.15, -0.1) is 0 Å². The standard InChI is InChI=1S/C23H22F2N2O4S/c1-2-31-18-9-11-19(12-10-18)32(29,30)27-22(14-16-6-4-3-5-7-16)23(28)26-21-15-17(24)8-13-20(21)25/h3-13,15,22,27H,2,14H2,1H3,(H,26,28). The summed E-state index contributed by atoms with van der Waals surface area (Å²) in [4.78, 5) is 12.8. The van der Waals surface area contributed by atoms with Gasteiger partial charge in [0.15, 0.2) is 0 Å². The van der Waals surface area contributed by atoms with E-state index in [2.05, 4.69) is 10.0 Å². The van der Waals surface area contributed by atoms with Gasteiger partial charge in [-0.2, -0.15) is 4.72 Å². The summed E-state index contributed by atoms with van der Waals surface area (Å²) in [5.41, 5.74) is 0.301. The summed E-state index contributed by atoms with van der Waals surface area (Å²) in [6.07, 6.45) is -0.000131. The van der Waals surface area contributed by atoms with Gasteiger partial charge in [0.1, 0.15) is 23.4 Å². The highest BCUT2D eigenvalue weighted by atomic mass is 32.2. The van der Waals surface area contributed by atoms with Gasteiger partial charge < -0.3 is 10.1 Å². The number of benzene rings is 3. The molecule has 0 fully saturated rings. The third-order valence-corrected chi connectivity index (χ3v) is 6.02. The maximum absolute atomic E-state index is 14.0. The second kappa shape index (κ2) is 10.3. The summed E-state index contributed by atoms with van der Waals surface area (Å²) in [7, 11) is -4.10.